The Balaban J connectivity index is 1.36. The Morgan fingerprint density at radius 2 is 1.00 bits per heavy atom. The minimum absolute atomic E-state index is 0.0873. The first-order valence-corrected chi connectivity index (χ1v) is 20.2. The van der Waals surface area contributed by atoms with Crippen LogP contribution >= 0.6 is 0 Å². The Hall–Kier alpha value is -5.69. The van der Waals surface area contributed by atoms with Gasteiger partial charge in [-0.2, -0.15) is 0 Å². The highest BCUT2D eigenvalue weighted by Gasteiger charge is 2.43. The number of amides is 4. The first-order chi connectivity index (χ1) is 26.9. The number of hydrogen-bond acceptors (Lipinski definition) is 3. The molecule has 1 aliphatic heterocycles. The molecule has 0 unspecified atom stereocenters. The number of urea groups is 1. The average Bonchev–Trinajstić information content (AvgIpc) is 3.85. The Morgan fingerprint density at radius 3 is 1.47 bits per heavy atom. The van der Waals surface area contributed by atoms with Crippen molar-refractivity contribution >= 4 is 73.3 Å². The van der Waals surface area contributed by atoms with E-state index < -0.39 is 17.8 Å². The lowest BCUT2D eigenvalue weighted by Gasteiger charge is -2.32. The summed E-state index contributed by atoms with van der Waals surface area (Å²) in [4.78, 5) is 44.3. The number of aromatic nitrogens is 2. The molecule has 0 bridgehead atoms. The molecule has 7 nitrogen and oxygen atoms in total. The van der Waals surface area contributed by atoms with E-state index >= 15 is 0 Å². The van der Waals surface area contributed by atoms with E-state index in [0.717, 1.165) is 71.9 Å². The van der Waals surface area contributed by atoms with Gasteiger partial charge in [0.25, 0.3) is 11.8 Å². The molecule has 2 aliphatic rings. The third-order valence-electron chi connectivity index (χ3n) is 11.6. The summed E-state index contributed by atoms with van der Waals surface area (Å²) in [5.41, 5.74) is 5.05. The molecule has 1 saturated carbocycles. The van der Waals surface area contributed by atoms with Crippen LogP contribution < -0.4 is 10.7 Å². The summed E-state index contributed by atoms with van der Waals surface area (Å²) in [6.07, 6.45) is 15.7. The van der Waals surface area contributed by atoms with Crippen molar-refractivity contribution in [2.75, 3.05) is 13.6 Å². The van der Waals surface area contributed by atoms with Crippen molar-refractivity contribution in [1.29, 1.82) is 0 Å². The number of unbranched alkanes of at least 4 members (excludes halogenated alkanes) is 3. The first kappa shape index (κ1) is 36.3. The molecule has 0 N–H and O–H groups in total. The van der Waals surface area contributed by atoms with Gasteiger partial charge in [0.15, 0.2) is 0 Å². The summed E-state index contributed by atoms with van der Waals surface area (Å²) < 4.78 is 4.83. The summed E-state index contributed by atoms with van der Waals surface area (Å²) in [7, 11) is 1.49. The van der Waals surface area contributed by atoms with E-state index in [1.165, 1.54) is 55.3 Å². The third-order valence-corrected chi connectivity index (χ3v) is 11.6. The molecule has 4 amide bonds. The highest BCUT2D eigenvalue weighted by atomic mass is 16.2. The Labute approximate surface area is 322 Å². The molecular weight excluding hydrogens is 681 g/mol. The van der Waals surface area contributed by atoms with Gasteiger partial charge in [-0.05, 0) is 83.9 Å². The molecule has 4 aromatic carbocycles. The van der Waals surface area contributed by atoms with Crippen molar-refractivity contribution in [1.82, 2.24) is 18.9 Å². The fourth-order valence-corrected chi connectivity index (χ4v) is 8.76. The zero-order valence-corrected chi connectivity index (χ0v) is 32.5. The Kier molecular flexibility index (Phi) is 10.0. The molecule has 2 fully saturated rings. The SMILES string of the molecule is CCCCN1C(=O)C(=C2/C(=C/C=c3\c4cccc5cccc(c54)n3CCCC)CC/C2=C\C=c2/c3cccc4cccc(c43)n2CCCC)C(=O)N(C)C1=O. The zero-order valence-electron chi connectivity index (χ0n) is 32.5. The van der Waals surface area contributed by atoms with Crippen LogP contribution in [0.5, 0.6) is 0 Å². The van der Waals surface area contributed by atoms with Crippen molar-refractivity contribution in [3.05, 3.63) is 118 Å². The summed E-state index contributed by atoms with van der Waals surface area (Å²) >= 11 is 0. The molecule has 7 heteroatoms. The van der Waals surface area contributed by atoms with Crippen molar-refractivity contribution in [3.8, 4) is 0 Å². The lowest BCUT2D eigenvalue weighted by molar-refractivity contribution is -0.135. The molecule has 55 heavy (non-hydrogen) atoms. The quantitative estimate of drug-likeness (QED) is 0.0986. The number of aryl methyl sites for hydroxylation is 2. The summed E-state index contributed by atoms with van der Waals surface area (Å²) in [6, 6.07) is 25.4. The number of nitrogens with zero attached hydrogens (tertiary/aromatic N) is 4. The van der Waals surface area contributed by atoms with E-state index in [1.54, 1.807) is 0 Å². The molecular formula is C48H50N4O3. The standard InChI is InChI=1S/C48H50N4O3/c1-5-8-29-50-38(36-19-11-15-32-17-13-21-40(50)43(32)36)27-25-34-23-24-35(42(34)45-46(53)49(4)48(55)52(47(45)54)31-10-7-3)26-28-39-37-20-12-16-33-18-14-22-41(44(33)37)51(39)30-9-6-2/h11-22,25-28H,5-10,23-24,29-31H2,1-4H3/b34-25+,35-26+,38-27+,39-28+. The largest absolute Gasteiger partial charge is 0.340 e. The zero-order chi connectivity index (χ0) is 38.2. The van der Waals surface area contributed by atoms with Gasteiger partial charge >= 0.3 is 6.03 Å². The van der Waals surface area contributed by atoms with Gasteiger partial charge in [-0.25, -0.2) is 4.79 Å². The van der Waals surface area contributed by atoms with Gasteiger partial charge in [-0.1, -0.05) is 113 Å². The maximum Gasteiger partial charge on any atom is 0.333 e. The number of hydrogen-bond donors (Lipinski definition) is 0. The van der Waals surface area contributed by atoms with Gasteiger partial charge in [0, 0.05) is 70.0 Å². The number of allylic oxidation sites excluding steroid dienone is 5. The molecule has 6 aromatic rings. The van der Waals surface area contributed by atoms with E-state index in [1.807, 2.05) is 6.92 Å². The lowest BCUT2D eigenvalue weighted by Crippen LogP contribution is -2.55. The van der Waals surface area contributed by atoms with Crippen LogP contribution in [0.3, 0.4) is 0 Å². The molecule has 3 heterocycles. The van der Waals surface area contributed by atoms with Crippen LogP contribution in [0.1, 0.15) is 72.1 Å². The molecule has 0 spiro atoms. The van der Waals surface area contributed by atoms with Gasteiger partial charge in [0.1, 0.15) is 5.57 Å². The normalized spacial score (nSPS) is 17.9. The van der Waals surface area contributed by atoms with Crippen LogP contribution in [0, 0.1) is 0 Å². The first-order valence-electron chi connectivity index (χ1n) is 20.2. The molecule has 8 rings (SSSR count). The van der Waals surface area contributed by atoms with Crippen LogP contribution in [0.4, 0.5) is 4.79 Å². The van der Waals surface area contributed by atoms with Crippen molar-refractivity contribution in [2.24, 2.45) is 0 Å². The van der Waals surface area contributed by atoms with Gasteiger partial charge < -0.3 is 9.13 Å². The predicted octanol–water partition coefficient (Wildman–Crippen LogP) is 9.37. The molecule has 280 valence electrons. The minimum atomic E-state index is -0.558. The third kappa shape index (κ3) is 6.20. The number of carbonyl (C=O) groups is 3. The van der Waals surface area contributed by atoms with Crippen LogP contribution in [0.25, 0.3) is 55.5 Å². The number of imide groups is 2. The summed E-state index contributed by atoms with van der Waals surface area (Å²) in [6.45, 7) is 8.53. The summed E-state index contributed by atoms with van der Waals surface area (Å²) in [5.74, 6) is -1.04. The second-order valence-electron chi connectivity index (χ2n) is 15.1. The number of barbiturate groups is 1. The monoisotopic (exact) mass is 730 g/mol. The van der Waals surface area contributed by atoms with Crippen molar-refractivity contribution < 1.29 is 14.4 Å². The van der Waals surface area contributed by atoms with Gasteiger partial charge in [0.05, 0.1) is 0 Å². The van der Waals surface area contributed by atoms with E-state index in [0.29, 0.717) is 24.8 Å². The van der Waals surface area contributed by atoms with Gasteiger partial charge in [0.2, 0.25) is 0 Å². The molecule has 0 radical (unpaired) electrons. The molecule has 1 saturated heterocycles. The fraction of sp³-hybridized carbons (Fsp3) is 0.312. The maximum absolute atomic E-state index is 14.4. The number of carbonyl (C=O) groups excluding carboxylic acids is 3. The second-order valence-corrected chi connectivity index (χ2v) is 15.1. The smallest absolute Gasteiger partial charge is 0.333 e. The maximum atomic E-state index is 14.4. The molecule has 1 aliphatic carbocycles. The van der Waals surface area contributed by atoms with E-state index in [4.69, 9.17) is 0 Å². The Morgan fingerprint density at radius 1 is 0.545 bits per heavy atom. The van der Waals surface area contributed by atoms with Gasteiger partial charge in [-0.15, -0.1) is 0 Å². The van der Waals surface area contributed by atoms with E-state index in [-0.39, 0.29) is 12.1 Å². The van der Waals surface area contributed by atoms with Crippen LogP contribution in [-0.2, 0) is 22.7 Å². The van der Waals surface area contributed by atoms with E-state index in [2.05, 4.69) is 120 Å². The molecule has 2 aromatic heterocycles. The molecule has 0 atom stereocenters. The summed E-state index contributed by atoms with van der Waals surface area (Å²) in [5, 5.41) is 9.57. The predicted molar refractivity (Wildman–Crippen MR) is 225 cm³/mol. The number of likely N-dealkylation sites (N-methyl/N-ethyl adjacent to an activating group) is 1. The fourth-order valence-electron chi connectivity index (χ4n) is 8.76. The highest BCUT2D eigenvalue weighted by molar-refractivity contribution is 6.29. The number of benzene rings is 4. The van der Waals surface area contributed by atoms with Crippen molar-refractivity contribution in [2.45, 2.75) is 85.2 Å². The topological polar surface area (TPSA) is 67.6 Å². The Bertz CT molecular complexity index is 2540. The highest BCUT2D eigenvalue weighted by Crippen LogP contribution is 2.40. The number of rotatable bonds is 11. The minimum Gasteiger partial charge on any atom is -0.340 e. The van der Waals surface area contributed by atoms with Crippen LogP contribution in [0.2, 0.25) is 0 Å². The second kappa shape index (κ2) is 15.2. The van der Waals surface area contributed by atoms with E-state index in [9.17, 15) is 14.4 Å². The van der Waals surface area contributed by atoms with Crippen molar-refractivity contribution in [3.63, 3.8) is 0 Å². The van der Waals surface area contributed by atoms with Gasteiger partial charge in [-0.3, -0.25) is 19.4 Å². The average molecular weight is 731 g/mol. The lowest BCUT2D eigenvalue weighted by atomic mass is 9.95. The van der Waals surface area contributed by atoms with Crippen LogP contribution in [-0.4, -0.2) is 50.4 Å². The van der Waals surface area contributed by atoms with Crippen LogP contribution in [0.15, 0.2) is 107 Å².